The normalized spacial score (nSPS) is 11.9. The molecule has 9 heteroatoms. The first-order chi connectivity index (χ1) is 19.7. The van der Waals surface area contributed by atoms with E-state index in [0.717, 1.165) is 23.3 Å². The van der Waals surface area contributed by atoms with E-state index in [1.807, 2.05) is 60.7 Å². The van der Waals surface area contributed by atoms with Crippen LogP contribution in [0.1, 0.15) is 27.8 Å². The third-order valence-corrected chi connectivity index (χ3v) is 6.25. The summed E-state index contributed by atoms with van der Waals surface area (Å²) in [4.78, 5) is 24.8. The fourth-order valence-corrected chi connectivity index (χ4v) is 4.08. The highest BCUT2D eigenvalue weighted by molar-refractivity contribution is 5.87. The molecule has 0 aromatic heterocycles. The molecule has 0 radical (unpaired) electrons. The lowest BCUT2D eigenvalue weighted by Crippen LogP contribution is -2.46. The molecule has 0 saturated heterocycles. The molecule has 3 N–H and O–H groups in total. The zero-order valence-corrected chi connectivity index (χ0v) is 22.1. The van der Waals surface area contributed by atoms with E-state index < -0.39 is 29.6 Å². The minimum Gasteiger partial charge on any atom is -0.485 e. The van der Waals surface area contributed by atoms with Crippen molar-refractivity contribution in [2.45, 2.75) is 38.3 Å². The first-order valence-electron chi connectivity index (χ1n) is 12.9. The molecule has 1 atom stereocenters. The summed E-state index contributed by atoms with van der Waals surface area (Å²) in [7, 11) is 0. The van der Waals surface area contributed by atoms with Crippen molar-refractivity contribution in [2.24, 2.45) is 5.73 Å². The molecule has 0 aliphatic rings. The van der Waals surface area contributed by atoms with Crippen molar-refractivity contribution in [3.05, 3.63) is 131 Å². The predicted octanol–water partition coefficient (Wildman–Crippen LogP) is 5.62. The van der Waals surface area contributed by atoms with E-state index in [-0.39, 0.29) is 19.4 Å². The van der Waals surface area contributed by atoms with E-state index in [0.29, 0.717) is 29.2 Å². The average Bonchev–Trinajstić information content (AvgIpc) is 2.96. The Morgan fingerprint density at radius 1 is 0.707 bits per heavy atom. The summed E-state index contributed by atoms with van der Waals surface area (Å²) in [5, 5.41) is 2.59. The Kier molecular flexibility index (Phi) is 9.63. The Morgan fingerprint density at radius 3 is 1.78 bits per heavy atom. The van der Waals surface area contributed by atoms with Crippen LogP contribution in [0.3, 0.4) is 0 Å². The predicted molar refractivity (Wildman–Crippen MR) is 148 cm³/mol. The van der Waals surface area contributed by atoms with Crippen LogP contribution in [0.2, 0.25) is 0 Å². The topological polar surface area (TPSA) is 90.7 Å². The van der Waals surface area contributed by atoms with Gasteiger partial charge in [-0.05, 0) is 46.5 Å². The molecule has 41 heavy (non-hydrogen) atoms. The standard InChI is InChI=1S/C32H29F3N2O4/c33-32(34,35)26-14-11-22(12-15-26)19-30(38)37-27(31(36)39)17-25-13-16-28(40-20-23-7-3-1-4-8-23)29(18-25)41-21-24-9-5-2-6-10-24/h1-16,18,27H,17,19-21H2,(H2,36,39)(H,37,38)/t27-/m1/s1. The van der Waals surface area contributed by atoms with E-state index in [1.165, 1.54) is 12.1 Å². The van der Waals surface area contributed by atoms with Crippen molar-refractivity contribution in [1.29, 1.82) is 0 Å². The lowest BCUT2D eigenvalue weighted by Gasteiger charge is -2.18. The molecule has 0 aliphatic carbocycles. The third-order valence-electron chi connectivity index (χ3n) is 6.25. The van der Waals surface area contributed by atoms with Gasteiger partial charge in [0, 0.05) is 6.42 Å². The van der Waals surface area contributed by atoms with Crippen LogP contribution in [0.15, 0.2) is 103 Å². The van der Waals surface area contributed by atoms with Gasteiger partial charge in [-0.1, -0.05) is 78.9 Å². The molecule has 6 nitrogen and oxygen atoms in total. The van der Waals surface area contributed by atoms with Crippen LogP contribution < -0.4 is 20.5 Å². The van der Waals surface area contributed by atoms with Crippen molar-refractivity contribution < 1.29 is 32.2 Å². The van der Waals surface area contributed by atoms with E-state index in [9.17, 15) is 22.8 Å². The van der Waals surface area contributed by atoms with E-state index >= 15 is 0 Å². The van der Waals surface area contributed by atoms with Gasteiger partial charge in [-0.3, -0.25) is 9.59 Å². The minimum atomic E-state index is -4.47. The largest absolute Gasteiger partial charge is 0.485 e. The molecule has 0 fully saturated rings. The highest BCUT2D eigenvalue weighted by atomic mass is 19.4. The van der Waals surface area contributed by atoms with Crippen LogP contribution >= 0.6 is 0 Å². The van der Waals surface area contributed by atoms with Gasteiger partial charge in [0.25, 0.3) is 0 Å². The minimum absolute atomic E-state index is 0.0781. The quantitative estimate of drug-likeness (QED) is 0.235. The highest BCUT2D eigenvalue weighted by Gasteiger charge is 2.30. The van der Waals surface area contributed by atoms with Gasteiger partial charge >= 0.3 is 6.18 Å². The van der Waals surface area contributed by atoms with Gasteiger partial charge in [0.2, 0.25) is 11.8 Å². The van der Waals surface area contributed by atoms with E-state index in [2.05, 4.69) is 5.32 Å². The molecule has 0 bridgehead atoms. The van der Waals surface area contributed by atoms with Gasteiger partial charge in [0.1, 0.15) is 19.3 Å². The Bertz CT molecular complexity index is 1440. The molecule has 212 valence electrons. The molecule has 0 aliphatic heterocycles. The molecular weight excluding hydrogens is 533 g/mol. The number of rotatable bonds is 12. The van der Waals surface area contributed by atoms with Gasteiger partial charge in [-0.2, -0.15) is 13.2 Å². The molecule has 2 amide bonds. The number of hydrogen-bond donors (Lipinski definition) is 2. The van der Waals surface area contributed by atoms with Crippen LogP contribution in [-0.2, 0) is 41.8 Å². The maximum atomic E-state index is 12.8. The van der Waals surface area contributed by atoms with Crippen LogP contribution in [0, 0.1) is 0 Å². The second kappa shape index (κ2) is 13.5. The van der Waals surface area contributed by atoms with Crippen LogP contribution in [-0.4, -0.2) is 17.9 Å². The number of ether oxygens (including phenoxy) is 2. The number of nitrogens with one attached hydrogen (secondary N) is 1. The van der Waals surface area contributed by atoms with Crippen LogP contribution in [0.25, 0.3) is 0 Å². The number of carbonyl (C=O) groups is 2. The van der Waals surface area contributed by atoms with Gasteiger partial charge in [-0.25, -0.2) is 0 Å². The summed E-state index contributed by atoms with van der Waals surface area (Å²) < 4.78 is 50.5. The molecular formula is C32H29F3N2O4. The van der Waals surface area contributed by atoms with Crippen LogP contribution in [0.4, 0.5) is 13.2 Å². The van der Waals surface area contributed by atoms with Crippen molar-refractivity contribution in [1.82, 2.24) is 5.32 Å². The van der Waals surface area contributed by atoms with Gasteiger partial charge in [0.15, 0.2) is 11.5 Å². The molecule has 0 heterocycles. The maximum absolute atomic E-state index is 12.8. The van der Waals surface area contributed by atoms with E-state index in [1.54, 1.807) is 18.2 Å². The summed E-state index contributed by atoms with van der Waals surface area (Å²) in [6.07, 6.45) is -4.60. The number of hydrogen-bond acceptors (Lipinski definition) is 4. The summed E-state index contributed by atoms with van der Waals surface area (Å²) in [6.45, 7) is 0.612. The Morgan fingerprint density at radius 2 is 1.24 bits per heavy atom. The maximum Gasteiger partial charge on any atom is 0.416 e. The number of benzene rings is 4. The number of halogens is 3. The summed E-state index contributed by atoms with van der Waals surface area (Å²) >= 11 is 0. The fraction of sp³-hybridized carbons (Fsp3) is 0.188. The van der Waals surface area contributed by atoms with Crippen LogP contribution in [0.5, 0.6) is 11.5 Å². The number of amides is 2. The first-order valence-corrected chi connectivity index (χ1v) is 12.9. The smallest absolute Gasteiger partial charge is 0.416 e. The van der Waals surface area contributed by atoms with Crippen molar-refractivity contribution in [3.8, 4) is 11.5 Å². The highest BCUT2D eigenvalue weighted by Crippen LogP contribution is 2.31. The van der Waals surface area contributed by atoms with Gasteiger partial charge in [-0.15, -0.1) is 0 Å². The fourth-order valence-electron chi connectivity index (χ4n) is 4.08. The lowest BCUT2D eigenvalue weighted by atomic mass is 10.0. The number of alkyl halides is 3. The van der Waals surface area contributed by atoms with Gasteiger partial charge in [0.05, 0.1) is 12.0 Å². The second-order valence-corrected chi connectivity index (χ2v) is 9.43. The molecule has 0 spiro atoms. The third kappa shape index (κ3) is 8.86. The number of primary amides is 1. The molecule has 0 unspecified atom stereocenters. The van der Waals surface area contributed by atoms with Gasteiger partial charge < -0.3 is 20.5 Å². The van der Waals surface area contributed by atoms with Crippen molar-refractivity contribution in [2.75, 3.05) is 0 Å². The monoisotopic (exact) mass is 562 g/mol. The zero-order chi connectivity index (χ0) is 29.2. The second-order valence-electron chi connectivity index (χ2n) is 9.43. The molecule has 4 aromatic carbocycles. The summed E-state index contributed by atoms with van der Waals surface area (Å²) in [5.41, 5.74) is 7.74. The summed E-state index contributed by atoms with van der Waals surface area (Å²) in [6, 6.07) is 27.7. The van der Waals surface area contributed by atoms with Crippen molar-refractivity contribution >= 4 is 11.8 Å². The number of carbonyl (C=O) groups excluding carboxylic acids is 2. The lowest BCUT2D eigenvalue weighted by molar-refractivity contribution is -0.137. The molecule has 4 rings (SSSR count). The molecule has 0 saturated carbocycles. The summed E-state index contributed by atoms with van der Waals surface area (Å²) in [5.74, 6) is -0.323. The molecule has 4 aromatic rings. The Hall–Kier alpha value is -4.79. The van der Waals surface area contributed by atoms with E-state index in [4.69, 9.17) is 15.2 Å². The SMILES string of the molecule is NC(=O)[C@@H](Cc1ccc(OCc2ccccc2)c(OCc2ccccc2)c1)NC(=O)Cc1ccc(C(F)(F)F)cc1. The Balaban J connectivity index is 1.45. The van der Waals surface area contributed by atoms with Crippen molar-refractivity contribution in [3.63, 3.8) is 0 Å². The first kappa shape index (κ1) is 29.2. The average molecular weight is 563 g/mol. The number of nitrogens with two attached hydrogens (primary N) is 1. The zero-order valence-electron chi connectivity index (χ0n) is 22.1. The Labute approximate surface area is 235 Å².